The number of rotatable bonds is 12. The quantitative estimate of drug-likeness (QED) is 0.312. The standard InChI is InChI=1S/C31H39N3O4/c1-5-7-16-33(31(36)25-14-15-28-29(18-25)38-22-37-28)21-30(35)34(24(4)6-2)20-27-13-10-17-32(27)19-26-12-9-8-11-23(26)3/h8-15,17-18,24H,5-7,16,19-22H2,1-4H3. The second-order valence-corrected chi connectivity index (χ2v) is 9.98. The molecule has 3 aromatic rings. The first-order chi connectivity index (χ1) is 18.4. The van der Waals surface area contributed by atoms with Crippen molar-refractivity contribution in [2.24, 2.45) is 0 Å². The number of aryl methyl sites for hydroxylation is 1. The lowest BCUT2D eigenvalue weighted by Crippen LogP contribution is -2.46. The molecule has 0 fully saturated rings. The molecule has 1 aliphatic rings. The van der Waals surface area contributed by atoms with Crippen molar-refractivity contribution in [1.82, 2.24) is 14.4 Å². The van der Waals surface area contributed by atoms with Gasteiger partial charge in [-0.15, -0.1) is 0 Å². The lowest BCUT2D eigenvalue weighted by molar-refractivity contribution is -0.134. The molecule has 1 atom stereocenters. The average Bonchev–Trinajstić information content (AvgIpc) is 3.58. The van der Waals surface area contributed by atoms with Gasteiger partial charge < -0.3 is 23.8 Å². The number of hydrogen-bond donors (Lipinski definition) is 0. The van der Waals surface area contributed by atoms with Gasteiger partial charge in [-0.1, -0.05) is 44.5 Å². The topological polar surface area (TPSA) is 64.0 Å². The van der Waals surface area contributed by atoms with E-state index in [0.717, 1.165) is 31.5 Å². The van der Waals surface area contributed by atoms with E-state index >= 15 is 0 Å². The van der Waals surface area contributed by atoms with Crippen molar-refractivity contribution in [3.63, 3.8) is 0 Å². The molecule has 1 aromatic heterocycles. The van der Waals surface area contributed by atoms with Crippen LogP contribution < -0.4 is 9.47 Å². The van der Waals surface area contributed by atoms with E-state index in [1.807, 2.05) is 17.0 Å². The van der Waals surface area contributed by atoms with Crippen LogP contribution in [0.1, 0.15) is 67.2 Å². The molecule has 38 heavy (non-hydrogen) atoms. The maximum atomic E-state index is 13.8. The maximum absolute atomic E-state index is 13.8. The molecule has 4 rings (SSSR count). The summed E-state index contributed by atoms with van der Waals surface area (Å²) in [5, 5.41) is 0. The van der Waals surface area contributed by atoms with Crippen molar-refractivity contribution in [2.75, 3.05) is 19.9 Å². The van der Waals surface area contributed by atoms with Crippen LogP contribution in [-0.2, 0) is 17.9 Å². The first-order valence-electron chi connectivity index (χ1n) is 13.6. The van der Waals surface area contributed by atoms with E-state index in [-0.39, 0.29) is 31.2 Å². The molecular formula is C31H39N3O4. The van der Waals surface area contributed by atoms with E-state index in [1.54, 1.807) is 23.1 Å². The van der Waals surface area contributed by atoms with Crippen LogP contribution in [0.25, 0.3) is 0 Å². The zero-order valence-electron chi connectivity index (χ0n) is 23.0. The minimum absolute atomic E-state index is 0.0378. The number of carbonyl (C=O) groups is 2. The van der Waals surface area contributed by atoms with Gasteiger partial charge in [0.05, 0.1) is 6.54 Å². The molecule has 202 valence electrons. The van der Waals surface area contributed by atoms with Crippen molar-refractivity contribution < 1.29 is 19.1 Å². The number of ether oxygens (including phenoxy) is 2. The van der Waals surface area contributed by atoms with Crippen molar-refractivity contribution in [1.29, 1.82) is 0 Å². The Labute approximate surface area is 226 Å². The average molecular weight is 518 g/mol. The molecule has 0 bridgehead atoms. The van der Waals surface area contributed by atoms with E-state index < -0.39 is 0 Å². The lowest BCUT2D eigenvalue weighted by atomic mass is 10.1. The van der Waals surface area contributed by atoms with Gasteiger partial charge >= 0.3 is 0 Å². The lowest BCUT2D eigenvalue weighted by Gasteiger charge is -2.32. The van der Waals surface area contributed by atoms with Crippen LogP contribution in [0, 0.1) is 6.92 Å². The van der Waals surface area contributed by atoms with Crippen LogP contribution in [0.15, 0.2) is 60.8 Å². The van der Waals surface area contributed by atoms with Gasteiger partial charge in [0.2, 0.25) is 12.7 Å². The molecule has 0 saturated heterocycles. The number of benzene rings is 2. The largest absolute Gasteiger partial charge is 0.454 e. The van der Waals surface area contributed by atoms with Gasteiger partial charge in [-0.3, -0.25) is 9.59 Å². The minimum Gasteiger partial charge on any atom is -0.454 e. The summed E-state index contributed by atoms with van der Waals surface area (Å²) in [5.41, 5.74) is 4.08. The van der Waals surface area contributed by atoms with Crippen LogP contribution in [0.3, 0.4) is 0 Å². The molecule has 1 aliphatic heterocycles. The summed E-state index contributed by atoms with van der Waals surface area (Å²) in [6, 6.07) is 17.7. The predicted molar refractivity (Wildman–Crippen MR) is 148 cm³/mol. The molecular weight excluding hydrogens is 478 g/mol. The Morgan fingerprint density at radius 1 is 1.03 bits per heavy atom. The summed E-state index contributed by atoms with van der Waals surface area (Å²) in [6.45, 7) is 10.3. The fraction of sp³-hybridized carbons (Fsp3) is 0.419. The summed E-state index contributed by atoms with van der Waals surface area (Å²) in [7, 11) is 0. The Bertz CT molecular complexity index is 1250. The summed E-state index contributed by atoms with van der Waals surface area (Å²) in [6.07, 6.45) is 4.65. The van der Waals surface area contributed by atoms with Gasteiger partial charge in [-0.2, -0.15) is 0 Å². The van der Waals surface area contributed by atoms with Gasteiger partial charge in [0.1, 0.15) is 6.54 Å². The zero-order valence-corrected chi connectivity index (χ0v) is 23.0. The van der Waals surface area contributed by atoms with E-state index in [1.165, 1.54) is 11.1 Å². The zero-order chi connectivity index (χ0) is 27.1. The molecule has 0 aliphatic carbocycles. The molecule has 0 N–H and O–H groups in total. The molecule has 7 nitrogen and oxygen atoms in total. The molecule has 0 spiro atoms. The molecule has 2 heterocycles. The summed E-state index contributed by atoms with van der Waals surface area (Å²) in [5.74, 6) is 0.980. The monoisotopic (exact) mass is 517 g/mol. The van der Waals surface area contributed by atoms with Gasteiger partial charge in [0, 0.05) is 36.6 Å². The SMILES string of the molecule is CCCCN(CC(=O)N(Cc1cccn1Cc1ccccc1C)C(C)CC)C(=O)c1ccc2c(c1)OCO2. The molecule has 7 heteroatoms. The fourth-order valence-corrected chi connectivity index (χ4v) is 4.67. The molecule has 0 radical (unpaired) electrons. The van der Waals surface area contributed by atoms with Crippen LogP contribution >= 0.6 is 0 Å². The van der Waals surface area contributed by atoms with E-state index in [2.05, 4.69) is 62.7 Å². The number of unbranched alkanes of at least 4 members (excludes halogenated alkanes) is 1. The number of hydrogen-bond acceptors (Lipinski definition) is 4. The van der Waals surface area contributed by atoms with Gasteiger partial charge in [0.15, 0.2) is 11.5 Å². The fourth-order valence-electron chi connectivity index (χ4n) is 4.67. The second kappa shape index (κ2) is 12.7. The summed E-state index contributed by atoms with van der Waals surface area (Å²) >= 11 is 0. The van der Waals surface area contributed by atoms with E-state index in [9.17, 15) is 9.59 Å². The van der Waals surface area contributed by atoms with Crippen molar-refractivity contribution in [3.8, 4) is 11.5 Å². The first kappa shape index (κ1) is 27.3. The first-order valence-corrected chi connectivity index (χ1v) is 13.6. The number of carbonyl (C=O) groups excluding carboxylic acids is 2. The molecule has 2 amide bonds. The maximum Gasteiger partial charge on any atom is 0.254 e. The van der Waals surface area contributed by atoms with Gasteiger partial charge in [-0.25, -0.2) is 0 Å². The van der Waals surface area contributed by atoms with E-state index in [0.29, 0.717) is 30.2 Å². The van der Waals surface area contributed by atoms with E-state index in [4.69, 9.17) is 9.47 Å². The highest BCUT2D eigenvalue weighted by molar-refractivity contribution is 5.97. The number of nitrogens with zero attached hydrogens (tertiary/aromatic N) is 3. The third-order valence-electron chi connectivity index (χ3n) is 7.32. The van der Waals surface area contributed by atoms with Crippen LogP contribution in [0.2, 0.25) is 0 Å². The number of amides is 2. The highest BCUT2D eigenvalue weighted by atomic mass is 16.7. The normalized spacial score (nSPS) is 12.8. The van der Waals surface area contributed by atoms with Crippen LogP contribution in [0.5, 0.6) is 11.5 Å². The third-order valence-corrected chi connectivity index (χ3v) is 7.32. The Balaban J connectivity index is 1.52. The Kier molecular flexibility index (Phi) is 9.10. The third kappa shape index (κ3) is 6.39. The highest BCUT2D eigenvalue weighted by Gasteiger charge is 2.26. The van der Waals surface area contributed by atoms with Gasteiger partial charge in [-0.05, 0) is 68.1 Å². The molecule has 1 unspecified atom stereocenters. The summed E-state index contributed by atoms with van der Waals surface area (Å²) < 4.78 is 13.1. The smallest absolute Gasteiger partial charge is 0.254 e. The van der Waals surface area contributed by atoms with Crippen LogP contribution in [-0.4, -0.2) is 52.1 Å². The predicted octanol–water partition coefficient (Wildman–Crippen LogP) is 5.64. The highest BCUT2D eigenvalue weighted by Crippen LogP contribution is 2.33. The number of fused-ring (bicyclic) bond motifs is 1. The Morgan fingerprint density at radius 2 is 1.82 bits per heavy atom. The van der Waals surface area contributed by atoms with Crippen molar-refractivity contribution >= 4 is 11.8 Å². The Hall–Kier alpha value is -3.74. The van der Waals surface area contributed by atoms with Crippen molar-refractivity contribution in [2.45, 2.75) is 66.1 Å². The molecule has 2 aromatic carbocycles. The van der Waals surface area contributed by atoms with Crippen molar-refractivity contribution in [3.05, 3.63) is 83.2 Å². The van der Waals surface area contributed by atoms with Gasteiger partial charge in [0.25, 0.3) is 5.91 Å². The van der Waals surface area contributed by atoms with Crippen LogP contribution in [0.4, 0.5) is 0 Å². The minimum atomic E-state index is -0.169. The number of aromatic nitrogens is 1. The molecule has 0 saturated carbocycles. The Morgan fingerprint density at radius 3 is 2.58 bits per heavy atom. The second-order valence-electron chi connectivity index (χ2n) is 9.98. The summed E-state index contributed by atoms with van der Waals surface area (Å²) in [4.78, 5) is 30.9.